The quantitative estimate of drug-likeness (QED) is 0.773. The molecule has 16 heavy (non-hydrogen) atoms. The van der Waals surface area contributed by atoms with Crippen molar-refractivity contribution in [2.45, 2.75) is 25.9 Å². The average Bonchev–Trinajstić information content (AvgIpc) is 2.96. The number of aromatic nitrogens is 4. The third kappa shape index (κ3) is 3.11. The highest BCUT2D eigenvalue weighted by Crippen LogP contribution is 2.15. The molecule has 6 heteroatoms. The summed E-state index contributed by atoms with van der Waals surface area (Å²) in [5.41, 5.74) is 1.86. The molecule has 0 radical (unpaired) electrons. The number of aryl methyl sites for hydroxylation is 1. The van der Waals surface area contributed by atoms with Crippen molar-refractivity contribution in [3.05, 3.63) is 29.0 Å². The molecule has 0 aromatic carbocycles. The van der Waals surface area contributed by atoms with Crippen molar-refractivity contribution in [3.8, 4) is 0 Å². The zero-order valence-corrected chi connectivity index (χ0v) is 10.0. The molecule has 1 unspecified atom stereocenters. The van der Waals surface area contributed by atoms with E-state index in [-0.39, 0.29) is 0 Å². The largest absolute Gasteiger partial charge is 0.309 e. The van der Waals surface area contributed by atoms with E-state index in [0.717, 1.165) is 19.5 Å². The molecule has 1 atom stereocenters. The molecule has 0 aliphatic carbocycles. The predicted octanol–water partition coefficient (Wildman–Crippen LogP) is 1.48. The summed E-state index contributed by atoms with van der Waals surface area (Å²) in [5, 5.41) is 11.1. The Kier molecular flexibility index (Phi) is 4.01. The Morgan fingerprint density at radius 1 is 1.56 bits per heavy atom. The topological polar surface area (TPSA) is 55.6 Å². The molecule has 0 saturated heterocycles. The van der Waals surface area contributed by atoms with Crippen LogP contribution in [0.1, 0.15) is 24.3 Å². The molecule has 1 N–H and O–H groups in total. The normalized spacial score (nSPS) is 12.8. The summed E-state index contributed by atoms with van der Waals surface area (Å²) in [6, 6.07) is 0.378. The molecule has 0 amide bonds. The first-order valence-corrected chi connectivity index (χ1v) is 6.20. The van der Waals surface area contributed by atoms with Gasteiger partial charge < -0.3 is 5.32 Å². The zero-order chi connectivity index (χ0) is 11.2. The Hall–Kier alpha value is -1.27. The van der Waals surface area contributed by atoms with E-state index < -0.39 is 0 Å². The minimum absolute atomic E-state index is 0.378. The van der Waals surface area contributed by atoms with Crippen molar-refractivity contribution >= 4 is 11.3 Å². The molecule has 2 aromatic rings. The first-order valence-electron chi connectivity index (χ1n) is 5.32. The number of nitrogens with one attached hydrogen (secondary N) is 1. The van der Waals surface area contributed by atoms with Gasteiger partial charge in [-0.1, -0.05) is 5.21 Å². The highest BCUT2D eigenvalue weighted by atomic mass is 32.1. The smallest absolute Gasteiger partial charge is 0.0794 e. The highest BCUT2D eigenvalue weighted by Gasteiger charge is 2.05. The highest BCUT2D eigenvalue weighted by molar-refractivity contribution is 7.09. The molecule has 0 spiro atoms. The van der Waals surface area contributed by atoms with Gasteiger partial charge in [-0.05, 0) is 19.9 Å². The lowest BCUT2D eigenvalue weighted by Crippen LogP contribution is -2.20. The van der Waals surface area contributed by atoms with Crippen LogP contribution in [0, 0.1) is 0 Å². The minimum atomic E-state index is 0.378. The fourth-order valence-corrected chi connectivity index (χ4v) is 2.10. The maximum atomic E-state index is 4.07. The molecule has 2 heterocycles. The van der Waals surface area contributed by atoms with Gasteiger partial charge in [0.05, 0.1) is 11.7 Å². The van der Waals surface area contributed by atoms with Crippen molar-refractivity contribution in [2.24, 2.45) is 0 Å². The lowest BCUT2D eigenvalue weighted by Gasteiger charge is -2.10. The van der Waals surface area contributed by atoms with E-state index in [0.29, 0.717) is 6.04 Å². The van der Waals surface area contributed by atoms with Gasteiger partial charge in [-0.2, -0.15) is 0 Å². The van der Waals surface area contributed by atoms with E-state index >= 15 is 0 Å². The van der Waals surface area contributed by atoms with Gasteiger partial charge in [0.1, 0.15) is 0 Å². The second-order valence-corrected chi connectivity index (χ2v) is 4.52. The Bertz CT molecular complexity index is 383. The van der Waals surface area contributed by atoms with Crippen molar-refractivity contribution in [1.29, 1.82) is 0 Å². The van der Waals surface area contributed by atoms with Crippen molar-refractivity contribution in [2.75, 3.05) is 6.54 Å². The monoisotopic (exact) mass is 237 g/mol. The van der Waals surface area contributed by atoms with Gasteiger partial charge in [-0.25, -0.2) is 0 Å². The van der Waals surface area contributed by atoms with Crippen LogP contribution in [0.15, 0.2) is 24.1 Å². The SMILES string of the molecule is CC(NCCCn1ccnn1)c1cncs1. The van der Waals surface area contributed by atoms with Crippen LogP contribution >= 0.6 is 11.3 Å². The maximum absolute atomic E-state index is 4.07. The van der Waals surface area contributed by atoms with Crippen LogP contribution in [0.2, 0.25) is 0 Å². The summed E-state index contributed by atoms with van der Waals surface area (Å²) in [6.07, 6.45) is 6.55. The predicted molar refractivity (Wildman–Crippen MR) is 63.2 cm³/mol. The van der Waals surface area contributed by atoms with Crippen molar-refractivity contribution in [3.63, 3.8) is 0 Å². The van der Waals surface area contributed by atoms with E-state index in [4.69, 9.17) is 0 Å². The number of rotatable bonds is 6. The zero-order valence-electron chi connectivity index (χ0n) is 9.21. The van der Waals surface area contributed by atoms with Crippen LogP contribution in [0.3, 0.4) is 0 Å². The lowest BCUT2D eigenvalue weighted by atomic mass is 10.3. The standard InChI is InChI=1S/C10H15N5S/c1-9(10-7-11-8-16-10)12-3-2-5-15-6-4-13-14-15/h4,6-9,12H,2-3,5H2,1H3. The summed E-state index contributed by atoms with van der Waals surface area (Å²) < 4.78 is 1.85. The molecule has 0 aliphatic rings. The van der Waals surface area contributed by atoms with Gasteiger partial charge in [-0.3, -0.25) is 9.67 Å². The van der Waals surface area contributed by atoms with Crippen LogP contribution in [0.4, 0.5) is 0 Å². The number of nitrogens with zero attached hydrogens (tertiary/aromatic N) is 4. The van der Waals surface area contributed by atoms with E-state index in [1.165, 1.54) is 4.88 Å². The minimum Gasteiger partial charge on any atom is -0.309 e. The molecule has 0 bridgehead atoms. The number of hydrogen-bond acceptors (Lipinski definition) is 5. The Balaban J connectivity index is 1.65. The molecule has 0 fully saturated rings. The van der Waals surface area contributed by atoms with Crippen LogP contribution < -0.4 is 5.32 Å². The van der Waals surface area contributed by atoms with E-state index in [1.54, 1.807) is 17.5 Å². The van der Waals surface area contributed by atoms with Gasteiger partial charge >= 0.3 is 0 Å². The fourth-order valence-electron chi connectivity index (χ4n) is 1.45. The van der Waals surface area contributed by atoms with Crippen LogP contribution in [0.25, 0.3) is 0 Å². The van der Waals surface area contributed by atoms with Gasteiger partial charge in [0, 0.05) is 29.9 Å². The Morgan fingerprint density at radius 2 is 2.50 bits per heavy atom. The molecule has 0 saturated carbocycles. The molecule has 2 aromatic heterocycles. The van der Waals surface area contributed by atoms with Crippen molar-refractivity contribution < 1.29 is 0 Å². The van der Waals surface area contributed by atoms with Gasteiger partial charge in [-0.15, -0.1) is 16.4 Å². The van der Waals surface area contributed by atoms with Crippen LogP contribution in [0.5, 0.6) is 0 Å². The fraction of sp³-hybridized carbons (Fsp3) is 0.500. The first kappa shape index (κ1) is 11.2. The van der Waals surface area contributed by atoms with E-state index in [9.17, 15) is 0 Å². The molecule has 2 rings (SSSR count). The molecule has 86 valence electrons. The molecule has 0 aliphatic heterocycles. The van der Waals surface area contributed by atoms with E-state index in [1.807, 2.05) is 22.6 Å². The van der Waals surface area contributed by atoms with Gasteiger partial charge in [0.2, 0.25) is 0 Å². The number of hydrogen-bond donors (Lipinski definition) is 1. The Labute approximate surface area is 98.5 Å². The van der Waals surface area contributed by atoms with Gasteiger partial charge in [0.25, 0.3) is 0 Å². The Morgan fingerprint density at radius 3 is 3.19 bits per heavy atom. The number of thiazole rings is 1. The molecular weight excluding hydrogens is 222 g/mol. The summed E-state index contributed by atoms with van der Waals surface area (Å²) >= 11 is 1.69. The summed E-state index contributed by atoms with van der Waals surface area (Å²) in [7, 11) is 0. The third-order valence-corrected chi connectivity index (χ3v) is 3.32. The van der Waals surface area contributed by atoms with E-state index in [2.05, 4.69) is 27.5 Å². The first-order chi connectivity index (χ1) is 7.86. The molecular formula is C10H15N5S. The second kappa shape index (κ2) is 5.72. The van der Waals surface area contributed by atoms with Crippen LogP contribution in [-0.2, 0) is 6.54 Å². The summed E-state index contributed by atoms with van der Waals surface area (Å²) in [5.74, 6) is 0. The summed E-state index contributed by atoms with van der Waals surface area (Å²) in [6.45, 7) is 4.03. The lowest BCUT2D eigenvalue weighted by molar-refractivity contribution is 0.502. The van der Waals surface area contributed by atoms with Gasteiger partial charge in [0.15, 0.2) is 0 Å². The summed E-state index contributed by atoms with van der Waals surface area (Å²) in [4.78, 5) is 5.35. The van der Waals surface area contributed by atoms with Crippen LogP contribution in [-0.4, -0.2) is 26.5 Å². The van der Waals surface area contributed by atoms with Crippen molar-refractivity contribution in [1.82, 2.24) is 25.3 Å². The molecule has 5 nitrogen and oxygen atoms in total. The average molecular weight is 237 g/mol. The maximum Gasteiger partial charge on any atom is 0.0794 e. The second-order valence-electron chi connectivity index (χ2n) is 3.60. The third-order valence-electron chi connectivity index (χ3n) is 2.36.